The van der Waals surface area contributed by atoms with Gasteiger partial charge in [0.15, 0.2) is 0 Å². The van der Waals surface area contributed by atoms with E-state index in [1.54, 1.807) is 0 Å². The molecule has 0 aliphatic heterocycles. The van der Waals surface area contributed by atoms with Crippen LogP contribution in [0, 0.1) is 6.92 Å². The third-order valence-corrected chi connectivity index (χ3v) is 3.56. The predicted molar refractivity (Wildman–Crippen MR) is 72.9 cm³/mol. The summed E-state index contributed by atoms with van der Waals surface area (Å²) in [4.78, 5) is 6.59. The molecular formula is C14H25N3. The third-order valence-electron chi connectivity index (χ3n) is 3.56. The molecule has 0 aliphatic rings. The van der Waals surface area contributed by atoms with Gasteiger partial charge in [0.05, 0.1) is 0 Å². The number of hydrogen-bond donors (Lipinski definition) is 1. The number of aryl methyl sites for hydroxylation is 1. The molecule has 3 nitrogen and oxygen atoms in total. The lowest BCUT2D eigenvalue weighted by Crippen LogP contribution is -2.37. The van der Waals surface area contributed by atoms with Crippen molar-refractivity contribution in [2.45, 2.75) is 45.7 Å². The van der Waals surface area contributed by atoms with E-state index in [1.807, 2.05) is 12.4 Å². The number of nitrogens with zero attached hydrogens (tertiary/aromatic N) is 2. The molecule has 2 unspecified atom stereocenters. The summed E-state index contributed by atoms with van der Waals surface area (Å²) < 4.78 is 0. The van der Waals surface area contributed by atoms with E-state index in [-0.39, 0.29) is 6.04 Å². The normalized spacial score (nSPS) is 14.9. The Labute approximate surface area is 105 Å². The average Bonchev–Trinajstić information content (AvgIpc) is 2.32. The lowest BCUT2D eigenvalue weighted by Gasteiger charge is -2.33. The molecule has 0 bridgehead atoms. The molecule has 0 aromatic carbocycles. The van der Waals surface area contributed by atoms with Gasteiger partial charge in [0.1, 0.15) is 0 Å². The fourth-order valence-electron chi connectivity index (χ4n) is 2.27. The first kappa shape index (κ1) is 14.1. The Morgan fingerprint density at radius 1 is 1.47 bits per heavy atom. The third kappa shape index (κ3) is 3.51. The van der Waals surface area contributed by atoms with Crippen LogP contribution in [0.3, 0.4) is 0 Å². The molecular weight excluding hydrogens is 210 g/mol. The van der Waals surface area contributed by atoms with Gasteiger partial charge < -0.3 is 5.73 Å². The summed E-state index contributed by atoms with van der Waals surface area (Å²) in [5.41, 5.74) is 8.46. The average molecular weight is 235 g/mol. The SMILES string of the molecule is CCCC(C)N(C)C(CN)c1cnccc1C. The van der Waals surface area contributed by atoms with Crippen LogP contribution in [-0.4, -0.2) is 29.5 Å². The quantitative estimate of drug-likeness (QED) is 0.824. The van der Waals surface area contributed by atoms with Crippen molar-refractivity contribution < 1.29 is 0 Å². The molecule has 1 aromatic heterocycles. The molecule has 0 saturated heterocycles. The summed E-state index contributed by atoms with van der Waals surface area (Å²) in [5, 5.41) is 0. The number of rotatable bonds is 6. The molecule has 3 heteroatoms. The van der Waals surface area contributed by atoms with Gasteiger partial charge in [-0.05, 0) is 44.5 Å². The molecule has 17 heavy (non-hydrogen) atoms. The highest BCUT2D eigenvalue weighted by Crippen LogP contribution is 2.23. The van der Waals surface area contributed by atoms with Gasteiger partial charge in [0, 0.05) is 31.0 Å². The Hall–Kier alpha value is -0.930. The second-order valence-electron chi connectivity index (χ2n) is 4.79. The van der Waals surface area contributed by atoms with Crippen molar-refractivity contribution in [2.24, 2.45) is 5.73 Å². The van der Waals surface area contributed by atoms with Crippen LogP contribution in [-0.2, 0) is 0 Å². The highest BCUT2D eigenvalue weighted by atomic mass is 15.2. The zero-order chi connectivity index (χ0) is 12.8. The van der Waals surface area contributed by atoms with Crippen molar-refractivity contribution in [2.75, 3.05) is 13.6 Å². The van der Waals surface area contributed by atoms with Gasteiger partial charge in [-0.25, -0.2) is 0 Å². The van der Waals surface area contributed by atoms with Crippen LogP contribution in [0.1, 0.15) is 43.9 Å². The van der Waals surface area contributed by atoms with Gasteiger partial charge in [-0.1, -0.05) is 13.3 Å². The molecule has 1 rings (SSSR count). The zero-order valence-electron chi connectivity index (χ0n) is 11.5. The molecule has 0 aliphatic carbocycles. The van der Waals surface area contributed by atoms with Gasteiger partial charge in [0.25, 0.3) is 0 Å². The fraction of sp³-hybridized carbons (Fsp3) is 0.643. The van der Waals surface area contributed by atoms with Crippen LogP contribution in [0.2, 0.25) is 0 Å². The van der Waals surface area contributed by atoms with Gasteiger partial charge in [-0.3, -0.25) is 9.88 Å². The minimum Gasteiger partial charge on any atom is -0.329 e. The lowest BCUT2D eigenvalue weighted by molar-refractivity contribution is 0.179. The first-order valence-electron chi connectivity index (χ1n) is 6.44. The topological polar surface area (TPSA) is 42.1 Å². The van der Waals surface area contributed by atoms with Crippen molar-refractivity contribution in [3.05, 3.63) is 29.6 Å². The molecule has 1 heterocycles. The molecule has 96 valence electrons. The Morgan fingerprint density at radius 2 is 2.18 bits per heavy atom. The number of pyridine rings is 1. The summed E-state index contributed by atoms with van der Waals surface area (Å²) in [5.74, 6) is 0. The number of likely N-dealkylation sites (N-methyl/N-ethyl adjacent to an activating group) is 1. The lowest BCUT2D eigenvalue weighted by atomic mass is 10.0. The molecule has 0 spiro atoms. The Kier molecular flexibility index (Phi) is 5.59. The van der Waals surface area contributed by atoms with Crippen LogP contribution in [0.5, 0.6) is 0 Å². The maximum Gasteiger partial charge on any atom is 0.0488 e. The molecule has 0 saturated carbocycles. The van der Waals surface area contributed by atoms with E-state index in [4.69, 9.17) is 5.73 Å². The highest BCUT2D eigenvalue weighted by Gasteiger charge is 2.21. The van der Waals surface area contributed by atoms with Gasteiger partial charge in [-0.2, -0.15) is 0 Å². The maximum absolute atomic E-state index is 5.94. The van der Waals surface area contributed by atoms with E-state index in [2.05, 4.69) is 43.8 Å². The van der Waals surface area contributed by atoms with Crippen molar-refractivity contribution in [1.29, 1.82) is 0 Å². The Balaban J connectivity index is 2.88. The first-order chi connectivity index (χ1) is 8.11. The summed E-state index contributed by atoms with van der Waals surface area (Å²) in [6.45, 7) is 7.24. The zero-order valence-corrected chi connectivity index (χ0v) is 11.5. The van der Waals surface area contributed by atoms with E-state index in [1.165, 1.54) is 24.0 Å². The van der Waals surface area contributed by atoms with Crippen molar-refractivity contribution in [3.63, 3.8) is 0 Å². The Morgan fingerprint density at radius 3 is 2.71 bits per heavy atom. The molecule has 0 fully saturated rings. The molecule has 1 aromatic rings. The van der Waals surface area contributed by atoms with E-state index < -0.39 is 0 Å². The van der Waals surface area contributed by atoms with Crippen LogP contribution in [0.15, 0.2) is 18.5 Å². The summed E-state index contributed by atoms with van der Waals surface area (Å²) >= 11 is 0. The summed E-state index contributed by atoms with van der Waals surface area (Å²) in [6.07, 6.45) is 6.19. The van der Waals surface area contributed by atoms with Crippen LogP contribution in [0.4, 0.5) is 0 Å². The minimum atomic E-state index is 0.269. The summed E-state index contributed by atoms with van der Waals surface area (Å²) in [6, 6.07) is 2.87. The van der Waals surface area contributed by atoms with E-state index >= 15 is 0 Å². The minimum absolute atomic E-state index is 0.269. The number of aromatic nitrogens is 1. The van der Waals surface area contributed by atoms with Crippen LogP contribution >= 0.6 is 0 Å². The fourth-order valence-corrected chi connectivity index (χ4v) is 2.27. The predicted octanol–water partition coefficient (Wildman–Crippen LogP) is 2.51. The molecule has 0 amide bonds. The smallest absolute Gasteiger partial charge is 0.0488 e. The van der Waals surface area contributed by atoms with Crippen molar-refractivity contribution in [3.8, 4) is 0 Å². The molecule has 0 radical (unpaired) electrons. The largest absolute Gasteiger partial charge is 0.329 e. The number of nitrogens with two attached hydrogens (primary N) is 1. The second kappa shape index (κ2) is 6.72. The molecule has 2 N–H and O–H groups in total. The first-order valence-corrected chi connectivity index (χ1v) is 6.44. The van der Waals surface area contributed by atoms with E-state index in [0.717, 1.165) is 0 Å². The van der Waals surface area contributed by atoms with Gasteiger partial charge in [0.2, 0.25) is 0 Å². The van der Waals surface area contributed by atoms with Gasteiger partial charge >= 0.3 is 0 Å². The van der Waals surface area contributed by atoms with E-state index in [0.29, 0.717) is 12.6 Å². The van der Waals surface area contributed by atoms with Gasteiger partial charge in [-0.15, -0.1) is 0 Å². The van der Waals surface area contributed by atoms with E-state index in [9.17, 15) is 0 Å². The standard InChI is InChI=1S/C14H25N3/c1-5-6-12(3)17(4)14(9-15)13-10-16-8-7-11(13)2/h7-8,10,12,14H,5-6,9,15H2,1-4H3. The Bertz CT molecular complexity index is 338. The monoisotopic (exact) mass is 235 g/mol. The maximum atomic E-state index is 5.94. The molecule has 2 atom stereocenters. The van der Waals surface area contributed by atoms with Crippen molar-refractivity contribution in [1.82, 2.24) is 9.88 Å². The second-order valence-corrected chi connectivity index (χ2v) is 4.79. The highest BCUT2D eigenvalue weighted by molar-refractivity contribution is 5.25. The number of hydrogen-bond acceptors (Lipinski definition) is 3. The summed E-state index contributed by atoms with van der Waals surface area (Å²) in [7, 11) is 2.16. The van der Waals surface area contributed by atoms with Crippen LogP contribution < -0.4 is 5.73 Å². The van der Waals surface area contributed by atoms with Crippen LogP contribution in [0.25, 0.3) is 0 Å². The van der Waals surface area contributed by atoms with Crippen molar-refractivity contribution >= 4 is 0 Å².